The topological polar surface area (TPSA) is 62.2 Å². The standard InChI is InChI=1S/C17H15N5S/c23-17(19-10-13-6-2-1-3-7-13)22-20-12-14-11-18-15-8-4-5-9-16(15)21-14/h1-9,11-12H,10H2,(H2,19,22,23)/b20-12-. The molecule has 0 saturated carbocycles. The highest BCUT2D eigenvalue weighted by Crippen LogP contribution is 2.07. The first-order valence-corrected chi connectivity index (χ1v) is 7.55. The summed E-state index contributed by atoms with van der Waals surface area (Å²) < 4.78 is 0. The second kappa shape index (κ2) is 7.42. The van der Waals surface area contributed by atoms with E-state index in [9.17, 15) is 0 Å². The summed E-state index contributed by atoms with van der Waals surface area (Å²) in [7, 11) is 0. The highest BCUT2D eigenvalue weighted by Gasteiger charge is 1.97. The van der Waals surface area contributed by atoms with E-state index in [4.69, 9.17) is 12.2 Å². The van der Waals surface area contributed by atoms with Gasteiger partial charge in [0.1, 0.15) is 5.69 Å². The Morgan fingerprint density at radius 3 is 2.61 bits per heavy atom. The Kier molecular flexibility index (Phi) is 4.85. The first-order valence-electron chi connectivity index (χ1n) is 7.14. The molecule has 5 nitrogen and oxygen atoms in total. The summed E-state index contributed by atoms with van der Waals surface area (Å²) in [6.45, 7) is 0.651. The Morgan fingerprint density at radius 2 is 1.78 bits per heavy atom. The first-order chi connectivity index (χ1) is 11.3. The predicted molar refractivity (Wildman–Crippen MR) is 96.1 cm³/mol. The minimum Gasteiger partial charge on any atom is -0.357 e. The molecule has 0 spiro atoms. The first kappa shape index (κ1) is 15.1. The fraction of sp³-hybridized carbons (Fsp3) is 0.0588. The van der Waals surface area contributed by atoms with Crippen molar-refractivity contribution >= 4 is 34.6 Å². The molecular formula is C17H15N5S. The van der Waals surface area contributed by atoms with Crippen molar-refractivity contribution in [3.8, 4) is 0 Å². The number of hydrazone groups is 1. The average molecular weight is 321 g/mol. The molecule has 23 heavy (non-hydrogen) atoms. The van der Waals surface area contributed by atoms with Gasteiger partial charge in [0.15, 0.2) is 5.11 Å². The van der Waals surface area contributed by atoms with E-state index >= 15 is 0 Å². The normalized spacial score (nSPS) is 10.8. The van der Waals surface area contributed by atoms with Crippen molar-refractivity contribution in [1.29, 1.82) is 0 Å². The van der Waals surface area contributed by atoms with Crippen LogP contribution in [0.5, 0.6) is 0 Å². The monoisotopic (exact) mass is 321 g/mol. The van der Waals surface area contributed by atoms with Gasteiger partial charge in [0.25, 0.3) is 0 Å². The minimum atomic E-state index is 0.457. The quantitative estimate of drug-likeness (QED) is 0.439. The number of nitrogens with zero attached hydrogens (tertiary/aromatic N) is 3. The third-order valence-corrected chi connectivity index (χ3v) is 3.36. The smallest absolute Gasteiger partial charge is 0.187 e. The van der Waals surface area contributed by atoms with Crippen LogP contribution in [0, 0.1) is 0 Å². The van der Waals surface area contributed by atoms with Crippen LogP contribution in [0.25, 0.3) is 11.0 Å². The van der Waals surface area contributed by atoms with E-state index in [0.29, 0.717) is 17.4 Å². The lowest BCUT2D eigenvalue weighted by Gasteiger charge is -2.06. The summed E-state index contributed by atoms with van der Waals surface area (Å²) >= 11 is 5.17. The highest BCUT2D eigenvalue weighted by molar-refractivity contribution is 7.80. The molecule has 1 aromatic heterocycles. The van der Waals surface area contributed by atoms with Crippen LogP contribution in [0.3, 0.4) is 0 Å². The number of thiocarbonyl (C=S) groups is 1. The minimum absolute atomic E-state index is 0.457. The van der Waals surface area contributed by atoms with Crippen molar-refractivity contribution in [2.24, 2.45) is 5.10 Å². The third kappa shape index (κ3) is 4.31. The Labute approximate surface area is 139 Å². The van der Waals surface area contributed by atoms with Crippen molar-refractivity contribution in [1.82, 2.24) is 20.7 Å². The van der Waals surface area contributed by atoms with Crippen molar-refractivity contribution in [3.05, 3.63) is 72.1 Å². The van der Waals surface area contributed by atoms with Crippen molar-refractivity contribution in [3.63, 3.8) is 0 Å². The van der Waals surface area contributed by atoms with Gasteiger partial charge in [-0.15, -0.1) is 0 Å². The van der Waals surface area contributed by atoms with E-state index in [1.807, 2.05) is 54.6 Å². The summed E-state index contributed by atoms with van der Waals surface area (Å²) in [5.41, 5.74) is 6.29. The molecule has 0 atom stereocenters. The van der Waals surface area contributed by atoms with E-state index in [2.05, 4.69) is 25.8 Å². The number of nitrogens with one attached hydrogen (secondary N) is 2. The molecule has 0 fully saturated rings. The molecule has 0 saturated heterocycles. The SMILES string of the molecule is S=C(NCc1ccccc1)N/N=C\c1cnc2ccccc2n1. The number of benzene rings is 2. The van der Waals surface area contributed by atoms with Crippen molar-refractivity contribution < 1.29 is 0 Å². The van der Waals surface area contributed by atoms with Crippen LogP contribution in [0.4, 0.5) is 0 Å². The van der Waals surface area contributed by atoms with Crippen molar-refractivity contribution in [2.75, 3.05) is 0 Å². The Bertz CT molecular complexity index is 833. The summed E-state index contributed by atoms with van der Waals surface area (Å²) in [4.78, 5) is 8.78. The third-order valence-electron chi connectivity index (χ3n) is 3.13. The molecule has 0 aliphatic rings. The molecule has 2 aromatic carbocycles. The van der Waals surface area contributed by atoms with Crippen LogP contribution in [0.2, 0.25) is 0 Å². The number of hydrogen-bond acceptors (Lipinski definition) is 4. The summed E-state index contributed by atoms with van der Waals surface area (Å²) in [5, 5.41) is 7.62. The predicted octanol–water partition coefficient (Wildman–Crippen LogP) is 2.63. The van der Waals surface area contributed by atoms with Crippen molar-refractivity contribution in [2.45, 2.75) is 6.54 Å². The van der Waals surface area contributed by atoms with Gasteiger partial charge in [-0.25, -0.2) is 4.98 Å². The summed E-state index contributed by atoms with van der Waals surface area (Å²) in [5.74, 6) is 0. The van der Waals surface area contributed by atoms with Crippen LogP contribution in [0.15, 0.2) is 65.9 Å². The van der Waals surface area contributed by atoms with E-state index in [1.165, 1.54) is 0 Å². The van der Waals surface area contributed by atoms with E-state index in [-0.39, 0.29) is 0 Å². The average Bonchev–Trinajstić information content (AvgIpc) is 2.61. The second-order valence-corrected chi connectivity index (χ2v) is 5.23. The zero-order valence-corrected chi connectivity index (χ0v) is 13.1. The molecule has 0 aliphatic carbocycles. The molecule has 0 amide bonds. The molecule has 2 N–H and O–H groups in total. The van der Waals surface area contributed by atoms with Crippen LogP contribution in [-0.2, 0) is 6.54 Å². The van der Waals surface area contributed by atoms with Gasteiger partial charge in [-0.1, -0.05) is 42.5 Å². The van der Waals surface area contributed by atoms with Crippen LogP contribution in [0.1, 0.15) is 11.3 Å². The molecular weight excluding hydrogens is 306 g/mol. The highest BCUT2D eigenvalue weighted by atomic mass is 32.1. The van der Waals surface area contributed by atoms with Gasteiger partial charge in [0, 0.05) is 6.54 Å². The van der Waals surface area contributed by atoms with E-state index in [0.717, 1.165) is 16.6 Å². The Morgan fingerprint density at radius 1 is 1.04 bits per heavy atom. The van der Waals surface area contributed by atoms with Gasteiger partial charge in [0.05, 0.1) is 23.4 Å². The zero-order valence-electron chi connectivity index (χ0n) is 12.3. The van der Waals surface area contributed by atoms with E-state index < -0.39 is 0 Å². The Balaban J connectivity index is 1.54. The number of aromatic nitrogens is 2. The lowest BCUT2D eigenvalue weighted by molar-refractivity contribution is 0.868. The molecule has 0 unspecified atom stereocenters. The fourth-order valence-electron chi connectivity index (χ4n) is 2.01. The fourth-order valence-corrected chi connectivity index (χ4v) is 2.13. The molecule has 0 aliphatic heterocycles. The van der Waals surface area contributed by atoms with Gasteiger partial charge in [-0.05, 0) is 29.9 Å². The Hall–Kier alpha value is -2.86. The van der Waals surface area contributed by atoms with Crippen LogP contribution < -0.4 is 10.7 Å². The number of para-hydroxylation sites is 2. The van der Waals surface area contributed by atoms with Gasteiger partial charge in [-0.2, -0.15) is 5.10 Å². The van der Waals surface area contributed by atoms with Gasteiger partial charge in [0.2, 0.25) is 0 Å². The van der Waals surface area contributed by atoms with Crippen LogP contribution >= 0.6 is 12.2 Å². The van der Waals surface area contributed by atoms with E-state index in [1.54, 1.807) is 12.4 Å². The molecule has 1 heterocycles. The molecule has 3 aromatic rings. The maximum atomic E-state index is 5.17. The van der Waals surface area contributed by atoms with Gasteiger partial charge in [-0.3, -0.25) is 10.4 Å². The number of hydrogen-bond donors (Lipinski definition) is 2. The summed E-state index contributed by atoms with van der Waals surface area (Å²) in [6.07, 6.45) is 3.27. The lowest BCUT2D eigenvalue weighted by Crippen LogP contribution is -2.31. The van der Waals surface area contributed by atoms with Gasteiger partial charge >= 0.3 is 0 Å². The summed E-state index contributed by atoms with van der Waals surface area (Å²) in [6, 6.07) is 17.7. The molecule has 3 rings (SSSR count). The molecule has 6 heteroatoms. The largest absolute Gasteiger partial charge is 0.357 e. The second-order valence-electron chi connectivity index (χ2n) is 4.82. The molecule has 0 radical (unpaired) electrons. The number of rotatable bonds is 4. The van der Waals surface area contributed by atoms with Crippen LogP contribution in [-0.4, -0.2) is 21.3 Å². The van der Waals surface area contributed by atoms with Gasteiger partial charge < -0.3 is 5.32 Å². The molecule has 0 bridgehead atoms. The maximum absolute atomic E-state index is 5.17. The lowest BCUT2D eigenvalue weighted by atomic mass is 10.2. The zero-order chi connectivity index (χ0) is 15.9. The molecule has 114 valence electrons. The maximum Gasteiger partial charge on any atom is 0.187 e. The number of fused-ring (bicyclic) bond motifs is 1.